The quantitative estimate of drug-likeness (QED) is 0.662. The summed E-state index contributed by atoms with van der Waals surface area (Å²) in [6, 6.07) is 16.3. The molecule has 0 bridgehead atoms. The number of nitrogens with one attached hydrogen (secondary N) is 2. The number of amides is 1. The lowest BCUT2D eigenvalue weighted by Crippen LogP contribution is -2.20. The highest BCUT2D eigenvalue weighted by atomic mass is 35.5. The van der Waals surface area contributed by atoms with Crippen molar-refractivity contribution in [2.75, 3.05) is 17.2 Å². The molecule has 0 aliphatic carbocycles. The largest absolute Gasteiger partial charge is 0.484 e. The number of hydrogen-bond acceptors (Lipinski definition) is 4. The van der Waals surface area contributed by atoms with Gasteiger partial charge in [-0.25, -0.2) is 9.37 Å². The monoisotopic (exact) mass is 371 g/mol. The Bertz CT molecular complexity index is 886. The van der Waals surface area contributed by atoms with Gasteiger partial charge in [0.2, 0.25) is 0 Å². The Hall–Kier alpha value is -3.12. The van der Waals surface area contributed by atoms with Crippen molar-refractivity contribution in [1.82, 2.24) is 4.98 Å². The van der Waals surface area contributed by atoms with Crippen LogP contribution in [0.3, 0.4) is 0 Å². The zero-order chi connectivity index (χ0) is 18.4. The van der Waals surface area contributed by atoms with Gasteiger partial charge in [-0.3, -0.25) is 4.79 Å². The van der Waals surface area contributed by atoms with Gasteiger partial charge in [-0.15, -0.1) is 0 Å². The van der Waals surface area contributed by atoms with Crippen LogP contribution in [0, 0.1) is 5.82 Å². The number of rotatable bonds is 6. The van der Waals surface area contributed by atoms with Crippen LogP contribution in [0.1, 0.15) is 0 Å². The number of pyridine rings is 1. The number of para-hydroxylation sites is 1. The van der Waals surface area contributed by atoms with Gasteiger partial charge in [0.1, 0.15) is 17.4 Å². The fourth-order valence-electron chi connectivity index (χ4n) is 2.12. The molecule has 7 heteroatoms. The zero-order valence-corrected chi connectivity index (χ0v) is 14.3. The van der Waals surface area contributed by atoms with E-state index >= 15 is 0 Å². The minimum absolute atomic E-state index is 0.142. The molecule has 26 heavy (non-hydrogen) atoms. The van der Waals surface area contributed by atoms with Gasteiger partial charge in [0.25, 0.3) is 5.91 Å². The highest BCUT2D eigenvalue weighted by Crippen LogP contribution is 2.19. The molecule has 0 radical (unpaired) electrons. The first-order valence-corrected chi connectivity index (χ1v) is 8.14. The smallest absolute Gasteiger partial charge is 0.262 e. The van der Waals surface area contributed by atoms with Crippen molar-refractivity contribution in [2.45, 2.75) is 0 Å². The van der Waals surface area contributed by atoms with Gasteiger partial charge in [-0.05, 0) is 48.5 Å². The van der Waals surface area contributed by atoms with E-state index in [0.29, 0.717) is 28.0 Å². The number of aromatic nitrogens is 1. The van der Waals surface area contributed by atoms with Crippen molar-refractivity contribution >= 4 is 34.7 Å². The van der Waals surface area contributed by atoms with Gasteiger partial charge in [-0.1, -0.05) is 23.7 Å². The minimum Gasteiger partial charge on any atom is -0.484 e. The predicted molar refractivity (Wildman–Crippen MR) is 99.5 cm³/mol. The molecule has 3 rings (SSSR count). The Labute approximate surface area is 154 Å². The number of halogens is 2. The number of anilines is 3. The SMILES string of the molecule is O=C(COc1ccc(Cl)cc1)Nc1ccc(Nc2ccccc2F)nc1. The maximum absolute atomic E-state index is 13.6. The van der Waals surface area contributed by atoms with Crippen LogP contribution in [-0.4, -0.2) is 17.5 Å². The fraction of sp³-hybridized carbons (Fsp3) is 0.0526. The van der Waals surface area contributed by atoms with Crippen molar-refractivity contribution in [1.29, 1.82) is 0 Å². The summed E-state index contributed by atoms with van der Waals surface area (Å²) in [5.41, 5.74) is 0.835. The van der Waals surface area contributed by atoms with Crippen LogP contribution in [0.5, 0.6) is 5.75 Å². The van der Waals surface area contributed by atoms with Crippen LogP contribution in [0.4, 0.5) is 21.6 Å². The summed E-state index contributed by atoms with van der Waals surface area (Å²) in [6.45, 7) is -0.142. The third-order valence-corrected chi connectivity index (χ3v) is 3.62. The lowest BCUT2D eigenvalue weighted by Gasteiger charge is -2.09. The first-order valence-electron chi connectivity index (χ1n) is 7.76. The maximum Gasteiger partial charge on any atom is 0.262 e. The summed E-state index contributed by atoms with van der Waals surface area (Å²) in [7, 11) is 0. The summed E-state index contributed by atoms with van der Waals surface area (Å²) in [4.78, 5) is 16.1. The third-order valence-electron chi connectivity index (χ3n) is 3.37. The molecule has 1 aromatic heterocycles. The van der Waals surface area contributed by atoms with Gasteiger partial charge in [0.05, 0.1) is 17.6 Å². The highest BCUT2D eigenvalue weighted by Gasteiger charge is 2.06. The molecule has 5 nitrogen and oxygen atoms in total. The Morgan fingerprint density at radius 2 is 1.85 bits per heavy atom. The molecular weight excluding hydrogens is 357 g/mol. The Morgan fingerprint density at radius 3 is 2.54 bits per heavy atom. The number of carbonyl (C=O) groups is 1. The molecule has 0 unspecified atom stereocenters. The lowest BCUT2D eigenvalue weighted by molar-refractivity contribution is -0.118. The number of ether oxygens (including phenoxy) is 1. The molecule has 2 N–H and O–H groups in total. The maximum atomic E-state index is 13.6. The van der Waals surface area contributed by atoms with Gasteiger partial charge in [0, 0.05) is 5.02 Å². The van der Waals surface area contributed by atoms with Crippen LogP contribution in [0.2, 0.25) is 5.02 Å². The zero-order valence-electron chi connectivity index (χ0n) is 13.6. The third kappa shape index (κ3) is 4.94. The lowest BCUT2D eigenvalue weighted by atomic mass is 10.3. The van der Waals surface area contributed by atoms with Crippen LogP contribution < -0.4 is 15.4 Å². The summed E-state index contributed by atoms with van der Waals surface area (Å²) < 4.78 is 19.0. The van der Waals surface area contributed by atoms with Gasteiger partial charge < -0.3 is 15.4 Å². The summed E-state index contributed by atoms with van der Waals surface area (Å²) in [5.74, 6) is 0.320. The van der Waals surface area contributed by atoms with E-state index in [-0.39, 0.29) is 18.3 Å². The molecule has 3 aromatic rings. The van der Waals surface area contributed by atoms with E-state index in [2.05, 4.69) is 15.6 Å². The van der Waals surface area contributed by atoms with Crippen molar-refractivity contribution in [3.05, 3.63) is 77.7 Å². The average Bonchev–Trinajstić information content (AvgIpc) is 2.65. The molecule has 1 heterocycles. The van der Waals surface area contributed by atoms with E-state index in [4.69, 9.17) is 16.3 Å². The van der Waals surface area contributed by atoms with E-state index in [1.807, 2.05) is 0 Å². The fourth-order valence-corrected chi connectivity index (χ4v) is 2.25. The second-order valence-electron chi connectivity index (χ2n) is 5.33. The molecule has 0 saturated carbocycles. The van der Waals surface area contributed by atoms with Gasteiger partial charge in [0.15, 0.2) is 6.61 Å². The van der Waals surface area contributed by atoms with Crippen LogP contribution in [0.25, 0.3) is 0 Å². The van der Waals surface area contributed by atoms with Crippen LogP contribution >= 0.6 is 11.6 Å². The standard InChI is InChI=1S/C19H15ClFN3O2/c20-13-5-8-15(9-6-13)26-12-19(25)23-14-7-10-18(22-11-14)24-17-4-2-1-3-16(17)21/h1-11H,12H2,(H,22,24)(H,23,25). The minimum atomic E-state index is -0.369. The molecule has 132 valence electrons. The first kappa shape index (κ1) is 17.7. The Kier molecular flexibility index (Phi) is 5.66. The molecule has 0 atom stereocenters. The van der Waals surface area contributed by atoms with Crippen LogP contribution in [-0.2, 0) is 4.79 Å². The van der Waals surface area contributed by atoms with E-state index in [1.54, 1.807) is 54.6 Å². The van der Waals surface area contributed by atoms with E-state index in [0.717, 1.165) is 0 Å². The number of hydrogen-bond donors (Lipinski definition) is 2. The Balaban J connectivity index is 1.52. The van der Waals surface area contributed by atoms with Gasteiger partial charge in [-0.2, -0.15) is 0 Å². The Morgan fingerprint density at radius 1 is 1.08 bits per heavy atom. The second-order valence-corrected chi connectivity index (χ2v) is 5.76. The molecule has 0 aliphatic heterocycles. The van der Waals surface area contributed by atoms with Crippen molar-refractivity contribution in [2.24, 2.45) is 0 Å². The number of nitrogens with zero attached hydrogens (tertiary/aromatic N) is 1. The van der Waals surface area contributed by atoms with E-state index < -0.39 is 0 Å². The molecule has 0 spiro atoms. The van der Waals surface area contributed by atoms with E-state index in [1.165, 1.54) is 12.3 Å². The van der Waals surface area contributed by atoms with E-state index in [9.17, 15) is 9.18 Å². The average molecular weight is 372 g/mol. The second kappa shape index (κ2) is 8.31. The molecular formula is C19H15ClFN3O2. The van der Waals surface area contributed by atoms with Crippen molar-refractivity contribution in [3.8, 4) is 5.75 Å². The molecule has 2 aromatic carbocycles. The summed E-state index contributed by atoms with van der Waals surface area (Å²) in [6.07, 6.45) is 1.48. The first-order chi connectivity index (χ1) is 12.6. The normalized spacial score (nSPS) is 10.2. The molecule has 0 fully saturated rings. The van der Waals surface area contributed by atoms with Crippen LogP contribution in [0.15, 0.2) is 66.9 Å². The summed E-state index contributed by atoms with van der Waals surface area (Å²) in [5, 5.41) is 6.14. The topological polar surface area (TPSA) is 63.2 Å². The van der Waals surface area contributed by atoms with Crippen molar-refractivity contribution in [3.63, 3.8) is 0 Å². The molecule has 1 amide bonds. The number of carbonyl (C=O) groups excluding carboxylic acids is 1. The van der Waals surface area contributed by atoms with Gasteiger partial charge >= 0.3 is 0 Å². The highest BCUT2D eigenvalue weighted by molar-refractivity contribution is 6.30. The summed E-state index contributed by atoms with van der Waals surface area (Å²) >= 11 is 5.79. The predicted octanol–water partition coefficient (Wildman–Crippen LogP) is 4.64. The number of benzene rings is 2. The van der Waals surface area contributed by atoms with Crippen molar-refractivity contribution < 1.29 is 13.9 Å². The molecule has 0 aliphatic rings. The molecule has 0 saturated heterocycles.